The molecular formula is C24H31ClN2Si. The molecule has 1 aromatic carbocycles. The first-order valence-electron chi connectivity index (χ1n) is 10.2. The molecule has 0 N–H and O–H groups in total. The van der Waals surface area contributed by atoms with Crippen LogP contribution in [0, 0.1) is 0 Å². The van der Waals surface area contributed by atoms with Gasteiger partial charge in [0.1, 0.15) is 5.65 Å². The number of pyridine rings is 1. The van der Waals surface area contributed by atoms with Crippen molar-refractivity contribution < 1.29 is 0 Å². The molecule has 4 heteroatoms. The lowest BCUT2D eigenvalue weighted by atomic mass is 10.1. The number of aromatic nitrogens is 2. The van der Waals surface area contributed by atoms with Crippen molar-refractivity contribution in [2.24, 2.45) is 0 Å². The zero-order valence-corrected chi connectivity index (χ0v) is 19.5. The number of hydrogen-bond donors (Lipinski definition) is 0. The van der Waals surface area contributed by atoms with Crippen LogP contribution >= 0.6 is 11.6 Å². The first-order chi connectivity index (χ1) is 13.3. The minimum atomic E-state index is -1.86. The summed E-state index contributed by atoms with van der Waals surface area (Å²) in [4.78, 5) is 4.83. The standard InChI is InChI=1S/C24H31ClN2Si/c1-17(2)28(18(3)4,19(5)6)27-16-21(23-8-7-15-26-24(23)27)12-9-20-10-13-22(25)14-11-20/h7-19H,1-6H3/b12-9+. The molecule has 0 saturated carbocycles. The summed E-state index contributed by atoms with van der Waals surface area (Å²) in [5.41, 5.74) is 5.38. The number of nitrogens with zero attached hydrogens (tertiary/aromatic N) is 2. The van der Waals surface area contributed by atoms with Crippen molar-refractivity contribution in [3.63, 3.8) is 0 Å². The highest BCUT2D eigenvalue weighted by Crippen LogP contribution is 2.44. The van der Waals surface area contributed by atoms with Crippen molar-refractivity contribution in [2.75, 3.05) is 0 Å². The molecule has 0 saturated heterocycles. The van der Waals surface area contributed by atoms with Gasteiger partial charge in [0.2, 0.25) is 0 Å². The molecule has 2 heterocycles. The van der Waals surface area contributed by atoms with Crippen LogP contribution in [0.2, 0.25) is 21.6 Å². The largest absolute Gasteiger partial charge is 0.358 e. The van der Waals surface area contributed by atoms with E-state index in [1.54, 1.807) is 0 Å². The molecule has 148 valence electrons. The average molecular weight is 411 g/mol. The first-order valence-corrected chi connectivity index (χ1v) is 12.7. The van der Waals surface area contributed by atoms with Crippen molar-refractivity contribution in [3.05, 3.63) is 64.9 Å². The number of halogens is 1. The summed E-state index contributed by atoms with van der Waals surface area (Å²) in [6.07, 6.45) is 8.65. The summed E-state index contributed by atoms with van der Waals surface area (Å²) in [6, 6.07) is 12.2. The van der Waals surface area contributed by atoms with Crippen molar-refractivity contribution in [2.45, 2.75) is 58.2 Å². The minimum absolute atomic E-state index is 0.623. The summed E-state index contributed by atoms with van der Waals surface area (Å²) in [5, 5.41) is 1.99. The Morgan fingerprint density at radius 3 is 2.07 bits per heavy atom. The predicted molar refractivity (Wildman–Crippen MR) is 127 cm³/mol. The van der Waals surface area contributed by atoms with Crippen LogP contribution in [0.15, 0.2) is 48.8 Å². The normalized spacial score (nSPS) is 12.9. The van der Waals surface area contributed by atoms with Crippen molar-refractivity contribution in [1.82, 2.24) is 9.22 Å². The number of hydrogen-bond acceptors (Lipinski definition) is 1. The molecule has 0 fully saturated rings. The topological polar surface area (TPSA) is 17.8 Å². The molecule has 2 aromatic heterocycles. The second-order valence-corrected chi connectivity index (χ2v) is 14.7. The molecule has 0 spiro atoms. The van der Waals surface area contributed by atoms with Gasteiger partial charge in [0.15, 0.2) is 8.24 Å². The third-order valence-electron chi connectivity index (χ3n) is 6.11. The fourth-order valence-electron chi connectivity index (χ4n) is 5.11. The Balaban J connectivity index is 2.19. The second-order valence-electron chi connectivity index (χ2n) is 8.57. The monoisotopic (exact) mass is 410 g/mol. The van der Waals surface area contributed by atoms with Gasteiger partial charge in [-0.1, -0.05) is 77.4 Å². The summed E-state index contributed by atoms with van der Waals surface area (Å²) in [7, 11) is -1.86. The van der Waals surface area contributed by atoms with Crippen LogP contribution in [-0.4, -0.2) is 17.5 Å². The molecular weight excluding hydrogens is 380 g/mol. The Kier molecular flexibility index (Phi) is 6.16. The van der Waals surface area contributed by atoms with Crippen LogP contribution in [-0.2, 0) is 0 Å². The quantitative estimate of drug-likeness (QED) is 0.378. The lowest BCUT2D eigenvalue weighted by Gasteiger charge is -2.44. The van der Waals surface area contributed by atoms with E-state index in [0.29, 0.717) is 16.6 Å². The van der Waals surface area contributed by atoms with Crippen molar-refractivity contribution >= 4 is 43.0 Å². The van der Waals surface area contributed by atoms with Gasteiger partial charge in [0.05, 0.1) is 0 Å². The Bertz CT molecular complexity index is 946. The van der Waals surface area contributed by atoms with E-state index in [1.807, 2.05) is 36.5 Å². The van der Waals surface area contributed by atoms with E-state index < -0.39 is 8.24 Å². The lowest BCUT2D eigenvalue weighted by molar-refractivity contribution is 0.770. The van der Waals surface area contributed by atoms with Gasteiger partial charge < -0.3 is 4.23 Å². The Morgan fingerprint density at radius 1 is 0.893 bits per heavy atom. The van der Waals surface area contributed by atoms with Crippen LogP contribution in [0.25, 0.3) is 23.2 Å². The van der Waals surface area contributed by atoms with E-state index in [4.69, 9.17) is 16.6 Å². The highest BCUT2D eigenvalue weighted by molar-refractivity contribution is 6.82. The molecule has 0 radical (unpaired) electrons. The van der Waals surface area contributed by atoms with E-state index in [2.05, 4.69) is 70.2 Å². The average Bonchev–Trinajstić information content (AvgIpc) is 3.00. The van der Waals surface area contributed by atoms with Crippen molar-refractivity contribution in [1.29, 1.82) is 0 Å². The van der Waals surface area contributed by atoms with E-state index in [-0.39, 0.29) is 0 Å². The zero-order chi connectivity index (χ0) is 20.5. The van der Waals surface area contributed by atoms with Crippen LogP contribution in [0.3, 0.4) is 0 Å². The predicted octanol–water partition coefficient (Wildman–Crippen LogP) is 7.88. The molecule has 3 aromatic rings. The van der Waals surface area contributed by atoms with Crippen LogP contribution in [0.5, 0.6) is 0 Å². The van der Waals surface area contributed by atoms with E-state index in [0.717, 1.165) is 16.2 Å². The fourth-order valence-corrected chi connectivity index (χ4v) is 11.8. The minimum Gasteiger partial charge on any atom is -0.358 e. The SMILES string of the molecule is CC(C)[Si](C(C)C)(C(C)C)n1cc(/C=C/c2ccc(Cl)cc2)c2cccnc21. The van der Waals surface area contributed by atoms with E-state index in [1.165, 1.54) is 10.9 Å². The van der Waals surface area contributed by atoms with Gasteiger partial charge in [-0.3, -0.25) is 0 Å². The maximum atomic E-state index is 6.02. The zero-order valence-electron chi connectivity index (χ0n) is 17.8. The van der Waals surface area contributed by atoms with Gasteiger partial charge in [-0.05, 0) is 46.5 Å². The summed E-state index contributed by atoms with van der Waals surface area (Å²) >= 11 is 6.02. The molecule has 0 bridgehead atoms. The Morgan fingerprint density at radius 2 is 1.50 bits per heavy atom. The van der Waals surface area contributed by atoms with Gasteiger partial charge in [0, 0.05) is 28.4 Å². The number of rotatable bonds is 6. The third kappa shape index (κ3) is 3.58. The highest BCUT2D eigenvalue weighted by Gasteiger charge is 2.46. The molecule has 2 nitrogen and oxygen atoms in total. The molecule has 0 atom stereocenters. The molecule has 0 aliphatic heterocycles. The lowest BCUT2D eigenvalue weighted by Crippen LogP contribution is -2.51. The van der Waals surface area contributed by atoms with Crippen LogP contribution in [0.4, 0.5) is 0 Å². The second kappa shape index (κ2) is 8.26. The van der Waals surface area contributed by atoms with E-state index in [9.17, 15) is 0 Å². The van der Waals surface area contributed by atoms with Crippen LogP contribution in [0.1, 0.15) is 52.7 Å². The van der Waals surface area contributed by atoms with Crippen LogP contribution < -0.4 is 0 Å². The molecule has 28 heavy (non-hydrogen) atoms. The Hall–Kier alpha value is -1.84. The molecule has 0 aliphatic carbocycles. The molecule has 0 unspecified atom stereocenters. The van der Waals surface area contributed by atoms with E-state index >= 15 is 0 Å². The molecule has 0 aliphatic rings. The van der Waals surface area contributed by atoms with Gasteiger partial charge in [-0.25, -0.2) is 4.98 Å². The summed E-state index contributed by atoms with van der Waals surface area (Å²) in [5.74, 6) is 0. The maximum absolute atomic E-state index is 6.02. The van der Waals surface area contributed by atoms with Gasteiger partial charge >= 0.3 is 0 Å². The third-order valence-corrected chi connectivity index (χ3v) is 13.1. The van der Waals surface area contributed by atoms with Gasteiger partial charge in [0.25, 0.3) is 0 Å². The number of fused-ring (bicyclic) bond motifs is 1. The van der Waals surface area contributed by atoms with Gasteiger partial charge in [-0.15, -0.1) is 0 Å². The van der Waals surface area contributed by atoms with Crippen molar-refractivity contribution in [3.8, 4) is 0 Å². The summed E-state index contributed by atoms with van der Waals surface area (Å²) in [6.45, 7) is 14.4. The Labute approximate surface area is 175 Å². The maximum Gasteiger partial charge on any atom is 0.171 e. The van der Waals surface area contributed by atoms with Gasteiger partial charge in [-0.2, -0.15) is 0 Å². The fraction of sp³-hybridized carbons (Fsp3) is 0.375. The highest BCUT2D eigenvalue weighted by atomic mass is 35.5. The first kappa shape index (κ1) is 20.9. The smallest absolute Gasteiger partial charge is 0.171 e. The molecule has 3 rings (SSSR count). The number of benzene rings is 1. The summed E-state index contributed by atoms with van der Waals surface area (Å²) < 4.78 is 2.59. The molecule has 0 amide bonds.